The first-order valence-corrected chi connectivity index (χ1v) is 7.48. The van der Waals surface area contributed by atoms with Crippen LogP contribution < -0.4 is 5.32 Å². The molecule has 0 aliphatic heterocycles. The van der Waals surface area contributed by atoms with Gasteiger partial charge >= 0.3 is 0 Å². The van der Waals surface area contributed by atoms with Crippen molar-refractivity contribution >= 4 is 0 Å². The minimum atomic E-state index is 0.497. The molecule has 0 heterocycles. The van der Waals surface area contributed by atoms with Gasteiger partial charge in [0.15, 0.2) is 0 Å². The smallest absolute Gasteiger partial charge is 0.0297 e. The average Bonchev–Trinajstić information content (AvgIpc) is 3.17. The lowest BCUT2D eigenvalue weighted by molar-refractivity contribution is 0.377. The molecule has 0 radical (unpaired) electrons. The lowest BCUT2D eigenvalue weighted by atomic mass is 9.98. The van der Waals surface area contributed by atoms with Gasteiger partial charge in [-0.15, -0.1) is 0 Å². The third kappa shape index (κ3) is 2.61. The molecular formula is C17H25N. The summed E-state index contributed by atoms with van der Waals surface area (Å²) in [6.07, 6.45) is 5.81. The highest BCUT2D eigenvalue weighted by Crippen LogP contribution is 2.45. The van der Waals surface area contributed by atoms with Gasteiger partial charge in [-0.2, -0.15) is 0 Å². The van der Waals surface area contributed by atoms with Crippen molar-refractivity contribution < 1.29 is 0 Å². The van der Waals surface area contributed by atoms with E-state index in [1.54, 1.807) is 0 Å². The van der Waals surface area contributed by atoms with Crippen LogP contribution >= 0.6 is 0 Å². The second-order valence-electron chi connectivity index (χ2n) is 6.45. The number of benzene rings is 1. The molecule has 1 aromatic rings. The molecule has 3 rings (SSSR count). The number of rotatable bonds is 5. The molecule has 18 heavy (non-hydrogen) atoms. The summed E-state index contributed by atoms with van der Waals surface area (Å²) in [6.45, 7) is 6.74. The van der Waals surface area contributed by atoms with Gasteiger partial charge in [0, 0.05) is 12.1 Å². The van der Waals surface area contributed by atoms with Crippen LogP contribution in [0.2, 0.25) is 0 Å². The topological polar surface area (TPSA) is 12.0 Å². The molecule has 2 aliphatic carbocycles. The molecule has 1 aromatic carbocycles. The van der Waals surface area contributed by atoms with Crippen LogP contribution in [0.25, 0.3) is 0 Å². The van der Waals surface area contributed by atoms with Crippen LogP contribution in [0.3, 0.4) is 0 Å². The summed E-state index contributed by atoms with van der Waals surface area (Å²) in [4.78, 5) is 0. The fourth-order valence-electron chi connectivity index (χ4n) is 3.26. The molecule has 2 fully saturated rings. The molecule has 0 amide bonds. The van der Waals surface area contributed by atoms with Crippen LogP contribution in [-0.2, 0) is 0 Å². The van der Waals surface area contributed by atoms with E-state index in [0.717, 1.165) is 17.9 Å². The Morgan fingerprint density at radius 2 is 1.67 bits per heavy atom. The summed E-state index contributed by atoms with van der Waals surface area (Å²) in [7, 11) is 0. The van der Waals surface area contributed by atoms with Crippen molar-refractivity contribution in [3.63, 3.8) is 0 Å². The highest BCUT2D eigenvalue weighted by molar-refractivity contribution is 5.32. The zero-order valence-electron chi connectivity index (χ0n) is 11.9. The molecular weight excluding hydrogens is 218 g/mol. The van der Waals surface area contributed by atoms with Crippen molar-refractivity contribution in [2.45, 2.75) is 58.5 Å². The first-order valence-electron chi connectivity index (χ1n) is 7.48. The maximum absolute atomic E-state index is 3.92. The predicted molar refractivity (Wildman–Crippen MR) is 76.7 cm³/mol. The third-order valence-electron chi connectivity index (χ3n) is 4.59. The molecule has 98 valence electrons. The van der Waals surface area contributed by atoms with E-state index in [9.17, 15) is 0 Å². The summed E-state index contributed by atoms with van der Waals surface area (Å²) >= 11 is 0. The molecule has 1 atom stereocenters. The van der Waals surface area contributed by atoms with Crippen molar-refractivity contribution in [2.75, 3.05) is 0 Å². The van der Waals surface area contributed by atoms with E-state index in [1.165, 1.54) is 42.4 Å². The van der Waals surface area contributed by atoms with E-state index in [0.29, 0.717) is 6.04 Å². The van der Waals surface area contributed by atoms with Gasteiger partial charge in [0.25, 0.3) is 0 Å². The van der Waals surface area contributed by atoms with Crippen molar-refractivity contribution in [3.8, 4) is 0 Å². The normalized spacial score (nSPS) is 21.3. The van der Waals surface area contributed by atoms with Gasteiger partial charge in [-0.05, 0) is 69.4 Å². The van der Waals surface area contributed by atoms with E-state index >= 15 is 0 Å². The first-order chi connectivity index (χ1) is 8.65. The number of hydrogen-bond acceptors (Lipinski definition) is 1. The summed E-state index contributed by atoms with van der Waals surface area (Å²) in [5, 5.41) is 3.92. The number of aryl methyl sites for hydroxylation is 2. The second kappa shape index (κ2) is 4.70. The lowest BCUT2D eigenvalue weighted by Gasteiger charge is -2.24. The van der Waals surface area contributed by atoms with Gasteiger partial charge < -0.3 is 5.32 Å². The van der Waals surface area contributed by atoms with Crippen LogP contribution in [0.5, 0.6) is 0 Å². The zero-order valence-corrected chi connectivity index (χ0v) is 11.9. The van der Waals surface area contributed by atoms with Crippen molar-refractivity contribution in [2.24, 2.45) is 11.8 Å². The molecule has 1 nitrogen and oxygen atoms in total. The molecule has 0 spiro atoms. The van der Waals surface area contributed by atoms with E-state index in [2.05, 4.69) is 44.3 Å². The minimum absolute atomic E-state index is 0.497. The Hall–Kier alpha value is -0.820. The van der Waals surface area contributed by atoms with Gasteiger partial charge in [0.05, 0.1) is 0 Å². The maximum Gasteiger partial charge on any atom is 0.0297 e. The highest BCUT2D eigenvalue weighted by atomic mass is 15.0. The first kappa shape index (κ1) is 12.2. The van der Waals surface area contributed by atoms with Crippen LogP contribution in [0.15, 0.2) is 18.2 Å². The van der Waals surface area contributed by atoms with Crippen molar-refractivity contribution in [3.05, 3.63) is 34.9 Å². The van der Waals surface area contributed by atoms with E-state index in [-0.39, 0.29) is 0 Å². The molecule has 1 N–H and O–H groups in total. The SMILES string of the molecule is Cc1ccc(C(C)NC(C2CC2)C2CC2)c(C)c1. The summed E-state index contributed by atoms with van der Waals surface area (Å²) in [5.74, 6) is 1.96. The Balaban J connectivity index is 1.70. The van der Waals surface area contributed by atoms with Crippen LogP contribution in [0.4, 0.5) is 0 Å². The maximum atomic E-state index is 3.92. The molecule has 1 unspecified atom stereocenters. The van der Waals surface area contributed by atoms with Crippen LogP contribution in [0.1, 0.15) is 55.3 Å². The predicted octanol–water partition coefficient (Wildman–Crippen LogP) is 4.14. The van der Waals surface area contributed by atoms with Crippen molar-refractivity contribution in [1.29, 1.82) is 0 Å². The van der Waals surface area contributed by atoms with Gasteiger partial charge in [-0.3, -0.25) is 0 Å². The van der Waals surface area contributed by atoms with E-state index in [1.807, 2.05) is 0 Å². The Kier molecular flexibility index (Phi) is 3.19. The van der Waals surface area contributed by atoms with Gasteiger partial charge in [0.2, 0.25) is 0 Å². The summed E-state index contributed by atoms with van der Waals surface area (Å²) in [5.41, 5.74) is 4.27. The fourth-order valence-corrected chi connectivity index (χ4v) is 3.26. The molecule has 1 heteroatoms. The highest BCUT2D eigenvalue weighted by Gasteiger charge is 2.41. The van der Waals surface area contributed by atoms with Crippen molar-refractivity contribution in [1.82, 2.24) is 5.32 Å². The average molecular weight is 243 g/mol. The standard InChI is InChI=1S/C17H25N/c1-11-4-9-16(12(2)10-11)13(3)18-17(14-5-6-14)15-7-8-15/h4,9-10,13-15,17-18H,5-8H2,1-3H3. The molecule has 2 aliphatic rings. The largest absolute Gasteiger partial charge is 0.307 e. The Bertz CT molecular complexity index is 417. The van der Waals surface area contributed by atoms with Crippen LogP contribution in [-0.4, -0.2) is 6.04 Å². The van der Waals surface area contributed by atoms with Gasteiger partial charge in [-0.1, -0.05) is 23.8 Å². The zero-order chi connectivity index (χ0) is 12.7. The fraction of sp³-hybridized carbons (Fsp3) is 0.647. The summed E-state index contributed by atoms with van der Waals surface area (Å²) in [6, 6.07) is 8.14. The molecule has 0 aromatic heterocycles. The number of hydrogen-bond donors (Lipinski definition) is 1. The summed E-state index contributed by atoms with van der Waals surface area (Å²) < 4.78 is 0. The Morgan fingerprint density at radius 3 is 2.17 bits per heavy atom. The minimum Gasteiger partial charge on any atom is -0.307 e. The quantitative estimate of drug-likeness (QED) is 0.819. The Morgan fingerprint density at radius 1 is 1.06 bits per heavy atom. The van der Waals surface area contributed by atoms with E-state index < -0.39 is 0 Å². The molecule has 0 bridgehead atoms. The Labute approximate surface area is 111 Å². The second-order valence-corrected chi connectivity index (χ2v) is 6.45. The monoisotopic (exact) mass is 243 g/mol. The lowest BCUT2D eigenvalue weighted by Crippen LogP contribution is -2.35. The van der Waals surface area contributed by atoms with Gasteiger partial charge in [-0.25, -0.2) is 0 Å². The molecule has 2 saturated carbocycles. The van der Waals surface area contributed by atoms with E-state index in [4.69, 9.17) is 0 Å². The number of nitrogens with one attached hydrogen (secondary N) is 1. The van der Waals surface area contributed by atoms with Crippen LogP contribution in [0, 0.1) is 25.7 Å². The molecule has 0 saturated heterocycles. The van der Waals surface area contributed by atoms with Gasteiger partial charge in [0.1, 0.15) is 0 Å². The third-order valence-corrected chi connectivity index (χ3v) is 4.59.